The largest absolute Gasteiger partial charge is 0.466 e. The van der Waals surface area contributed by atoms with Gasteiger partial charge in [0.05, 0.1) is 17.5 Å². The number of nitrogens with one attached hydrogen (secondary N) is 1. The van der Waals surface area contributed by atoms with Gasteiger partial charge in [-0.15, -0.1) is 0 Å². The summed E-state index contributed by atoms with van der Waals surface area (Å²) in [6, 6.07) is 4.83. The highest BCUT2D eigenvalue weighted by Gasteiger charge is 2.02. The highest BCUT2D eigenvalue weighted by Crippen LogP contribution is 2.16. The van der Waals surface area contributed by atoms with E-state index in [1.165, 1.54) is 6.07 Å². The molecule has 0 aliphatic rings. The second-order valence-corrected chi connectivity index (χ2v) is 4.33. The van der Waals surface area contributed by atoms with Crippen LogP contribution in [0.2, 0.25) is 0 Å². The summed E-state index contributed by atoms with van der Waals surface area (Å²) in [6.07, 6.45) is 0.343. The van der Waals surface area contributed by atoms with Crippen LogP contribution in [0.15, 0.2) is 22.7 Å². The van der Waals surface area contributed by atoms with Gasteiger partial charge in [0.15, 0.2) is 0 Å². The van der Waals surface area contributed by atoms with Crippen LogP contribution >= 0.6 is 15.9 Å². The van der Waals surface area contributed by atoms with Gasteiger partial charge in [-0.3, -0.25) is 4.79 Å². The molecular weight excluding hydrogens is 289 g/mol. The molecule has 0 unspecified atom stereocenters. The Bertz CT molecular complexity index is 385. The Morgan fingerprint density at radius 3 is 2.94 bits per heavy atom. The Morgan fingerprint density at radius 2 is 2.29 bits per heavy atom. The molecule has 0 atom stereocenters. The van der Waals surface area contributed by atoms with Gasteiger partial charge in [0.25, 0.3) is 0 Å². The van der Waals surface area contributed by atoms with Gasteiger partial charge in [-0.2, -0.15) is 0 Å². The van der Waals surface area contributed by atoms with Crippen molar-refractivity contribution in [2.45, 2.75) is 19.9 Å². The van der Waals surface area contributed by atoms with Gasteiger partial charge in [0.2, 0.25) is 0 Å². The van der Waals surface area contributed by atoms with Crippen LogP contribution in [0, 0.1) is 5.82 Å². The zero-order chi connectivity index (χ0) is 12.7. The first kappa shape index (κ1) is 14.1. The summed E-state index contributed by atoms with van der Waals surface area (Å²) >= 11 is 3.12. The van der Waals surface area contributed by atoms with E-state index in [-0.39, 0.29) is 11.8 Å². The predicted octanol–water partition coefficient (Wildman–Crippen LogP) is 2.63. The standard InChI is InChI=1S/C12H15BrFNO2/c1-2-17-12(16)5-6-15-8-9-3-4-11(14)10(13)7-9/h3-4,7,15H,2,5-6,8H2,1H3. The van der Waals surface area contributed by atoms with E-state index in [1.54, 1.807) is 19.1 Å². The maximum Gasteiger partial charge on any atom is 0.307 e. The van der Waals surface area contributed by atoms with Gasteiger partial charge < -0.3 is 10.1 Å². The first-order valence-corrected chi connectivity index (χ1v) is 6.23. The number of carbonyl (C=O) groups is 1. The van der Waals surface area contributed by atoms with Crippen LogP contribution in [0.3, 0.4) is 0 Å². The lowest BCUT2D eigenvalue weighted by Crippen LogP contribution is -2.19. The quantitative estimate of drug-likeness (QED) is 0.648. The molecule has 1 rings (SSSR count). The minimum Gasteiger partial charge on any atom is -0.466 e. The van der Waals surface area contributed by atoms with Gasteiger partial charge >= 0.3 is 5.97 Å². The molecule has 0 radical (unpaired) electrons. The minimum atomic E-state index is -0.278. The van der Waals surface area contributed by atoms with Crippen molar-refractivity contribution in [1.29, 1.82) is 0 Å². The number of halogens is 2. The molecule has 0 fully saturated rings. The molecule has 3 nitrogen and oxygen atoms in total. The normalized spacial score (nSPS) is 10.3. The molecule has 1 aromatic rings. The average Bonchev–Trinajstić information content (AvgIpc) is 2.29. The summed E-state index contributed by atoms with van der Waals surface area (Å²) in [4.78, 5) is 11.0. The molecule has 0 aliphatic heterocycles. The van der Waals surface area contributed by atoms with Crippen molar-refractivity contribution in [3.8, 4) is 0 Å². The Kier molecular flexibility index (Phi) is 6.15. The number of hydrogen-bond acceptors (Lipinski definition) is 3. The Balaban J connectivity index is 2.26. The van der Waals surface area contributed by atoms with E-state index in [4.69, 9.17) is 4.74 Å². The van der Waals surface area contributed by atoms with E-state index in [0.717, 1.165) is 5.56 Å². The van der Waals surface area contributed by atoms with Crippen molar-refractivity contribution in [3.05, 3.63) is 34.1 Å². The molecule has 94 valence electrons. The fraction of sp³-hybridized carbons (Fsp3) is 0.417. The average molecular weight is 304 g/mol. The van der Waals surface area contributed by atoms with E-state index in [1.807, 2.05) is 0 Å². The highest BCUT2D eigenvalue weighted by molar-refractivity contribution is 9.10. The third-order valence-corrected chi connectivity index (χ3v) is 2.73. The molecule has 0 spiro atoms. The summed E-state index contributed by atoms with van der Waals surface area (Å²) < 4.78 is 18.2. The number of hydrogen-bond donors (Lipinski definition) is 1. The molecule has 0 heterocycles. The lowest BCUT2D eigenvalue weighted by atomic mass is 10.2. The molecular formula is C12H15BrFNO2. The molecule has 0 saturated carbocycles. The first-order chi connectivity index (χ1) is 8.13. The van der Waals surface area contributed by atoms with E-state index in [9.17, 15) is 9.18 Å². The van der Waals surface area contributed by atoms with Crippen LogP contribution in [0.1, 0.15) is 18.9 Å². The molecule has 1 N–H and O–H groups in total. The van der Waals surface area contributed by atoms with Crippen LogP contribution in [0.25, 0.3) is 0 Å². The number of esters is 1. The van der Waals surface area contributed by atoms with Crippen molar-refractivity contribution in [2.75, 3.05) is 13.2 Å². The van der Waals surface area contributed by atoms with Gasteiger partial charge in [0.1, 0.15) is 5.82 Å². The minimum absolute atomic E-state index is 0.208. The van der Waals surface area contributed by atoms with Crippen LogP contribution in [0.5, 0.6) is 0 Å². The zero-order valence-corrected chi connectivity index (χ0v) is 11.2. The molecule has 0 aliphatic carbocycles. The predicted molar refractivity (Wildman–Crippen MR) is 67.1 cm³/mol. The fourth-order valence-electron chi connectivity index (χ4n) is 1.31. The molecule has 5 heteroatoms. The lowest BCUT2D eigenvalue weighted by molar-refractivity contribution is -0.142. The molecule has 0 aromatic heterocycles. The van der Waals surface area contributed by atoms with E-state index < -0.39 is 0 Å². The molecule has 0 bridgehead atoms. The molecule has 0 amide bonds. The van der Waals surface area contributed by atoms with E-state index >= 15 is 0 Å². The van der Waals surface area contributed by atoms with Crippen LogP contribution < -0.4 is 5.32 Å². The maximum absolute atomic E-state index is 12.9. The second-order valence-electron chi connectivity index (χ2n) is 3.48. The fourth-order valence-corrected chi connectivity index (χ4v) is 1.73. The topological polar surface area (TPSA) is 38.3 Å². The van der Waals surface area contributed by atoms with Gasteiger partial charge in [0, 0.05) is 13.1 Å². The first-order valence-electron chi connectivity index (χ1n) is 5.43. The summed E-state index contributed by atoms with van der Waals surface area (Å²) in [6.45, 7) is 3.33. The second kappa shape index (κ2) is 7.40. The molecule has 0 saturated heterocycles. The Labute approximate surface area is 108 Å². The number of carbonyl (C=O) groups excluding carboxylic acids is 1. The zero-order valence-electron chi connectivity index (χ0n) is 9.63. The third-order valence-electron chi connectivity index (χ3n) is 2.12. The van der Waals surface area contributed by atoms with E-state index in [2.05, 4.69) is 21.2 Å². The number of ether oxygens (including phenoxy) is 1. The Morgan fingerprint density at radius 1 is 1.53 bits per heavy atom. The van der Waals surface area contributed by atoms with Crippen LogP contribution in [-0.2, 0) is 16.1 Å². The summed E-state index contributed by atoms with van der Waals surface area (Å²) in [7, 11) is 0. The van der Waals surface area contributed by atoms with Crippen LogP contribution in [0.4, 0.5) is 4.39 Å². The summed E-state index contributed by atoms with van der Waals surface area (Å²) in [5, 5.41) is 3.09. The highest BCUT2D eigenvalue weighted by atomic mass is 79.9. The van der Waals surface area contributed by atoms with Crippen molar-refractivity contribution < 1.29 is 13.9 Å². The van der Waals surface area contributed by atoms with E-state index in [0.29, 0.717) is 30.6 Å². The molecule has 1 aromatic carbocycles. The van der Waals surface area contributed by atoms with Crippen molar-refractivity contribution in [1.82, 2.24) is 5.32 Å². The van der Waals surface area contributed by atoms with Crippen molar-refractivity contribution >= 4 is 21.9 Å². The number of rotatable bonds is 6. The van der Waals surface area contributed by atoms with Crippen LogP contribution in [-0.4, -0.2) is 19.1 Å². The van der Waals surface area contributed by atoms with Gasteiger partial charge in [-0.05, 0) is 40.5 Å². The van der Waals surface area contributed by atoms with Gasteiger partial charge in [-0.1, -0.05) is 6.07 Å². The van der Waals surface area contributed by atoms with Gasteiger partial charge in [-0.25, -0.2) is 4.39 Å². The summed E-state index contributed by atoms with van der Waals surface area (Å²) in [5.41, 5.74) is 0.960. The number of benzene rings is 1. The van der Waals surface area contributed by atoms with Crippen molar-refractivity contribution in [2.24, 2.45) is 0 Å². The third kappa shape index (κ3) is 5.28. The lowest BCUT2D eigenvalue weighted by Gasteiger charge is -2.05. The SMILES string of the molecule is CCOC(=O)CCNCc1ccc(F)c(Br)c1. The smallest absolute Gasteiger partial charge is 0.307 e. The molecule has 17 heavy (non-hydrogen) atoms. The Hall–Kier alpha value is -0.940. The monoisotopic (exact) mass is 303 g/mol. The summed E-state index contributed by atoms with van der Waals surface area (Å²) in [5.74, 6) is -0.486. The maximum atomic E-state index is 12.9. The van der Waals surface area contributed by atoms with Crippen molar-refractivity contribution in [3.63, 3.8) is 0 Å².